The van der Waals surface area contributed by atoms with Crippen molar-refractivity contribution in [1.82, 2.24) is 20.7 Å². The van der Waals surface area contributed by atoms with Crippen molar-refractivity contribution < 1.29 is 37.0 Å². The van der Waals surface area contributed by atoms with Crippen LogP contribution in [-0.4, -0.2) is 38.5 Å². The minimum atomic E-state index is -4.62. The lowest BCUT2D eigenvalue weighted by molar-refractivity contribution is -0.155. The molecule has 0 aliphatic carbocycles. The molecule has 2 rings (SSSR count). The van der Waals surface area contributed by atoms with E-state index in [2.05, 4.69) is 20.7 Å². The highest BCUT2D eigenvalue weighted by molar-refractivity contribution is 7.98. The fraction of sp³-hybridized carbons (Fsp3) is 0.423. The van der Waals surface area contributed by atoms with Crippen molar-refractivity contribution in [3.05, 3.63) is 59.2 Å². The molecule has 0 aliphatic heterocycles. The van der Waals surface area contributed by atoms with Crippen LogP contribution in [0.2, 0.25) is 0 Å². The van der Waals surface area contributed by atoms with Gasteiger partial charge in [-0.1, -0.05) is 24.3 Å². The Hall–Kier alpha value is -3.65. The van der Waals surface area contributed by atoms with Crippen LogP contribution in [0.4, 0.5) is 28.4 Å². The quantitative estimate of drug-likeness (QED) is 0.120. The summed E-state index contributed by atoms with van der Waals surface area (Å²) in [5.74, 6) is -0.592. The molecule has 0 heterocycles. The molecule has 0 bridgehead atoms. The molecule has 2 aromatic carbocycles. The Morgan fingerprint density at radius 3 is 2.23 bits per heavy atom. The SMILES string of the molecule is COCNC(=O)NCc1cccc(N)c1SNC(=O)NC(C)(COC(=O)C(C)(C)C)c1cccc(C(F)(F)F)c1. The maximum Gasteiger partial charge on any atom is 0.416 e. The van der Waals surface area contributed by atoms with Gasteiger partial charge in [0.2, 0.25) is 0 Å². The Balaban J connectivity index is 2.23. The van der Waals surface area contributed by atoms with Crippen LogP contribution in [0.3, 0.4) is 0 Å². The number of amides is 4. The highest BCUT2D eigenvalue weighted by Crippen LogP contribution is 2.33. The van der Waals surface area contributed by atoms with Crippen LogP contribution < -0.4 is 26.4 Å². The Morgan fingerprint density at radius 1 is 0.950 bits per heavy atom. The van der Waals surface area contributed by atoms with E-state index in [1.807, 2.05) is 0 Å². The van der Waals surface area contributed by atoms with Crippen LogP contribution in [0.25, 0.3) is 0 Å². The molecule has 14 heteroatoms. The van der Waals surface area contributed by atoms with Crippen molar-refractivity contribution in [2.75, 3.05) is 26.2 Å². The normalized spacial score (nSPS) is 13.1. The van der Waals surface area contributed by atoms with Crippen LogP contribution in [-0.2, 0) is 32.5 Å². The lowest BCUT2D eigenvalue weighted by Gasteiger charge is -2.32. The molecule has 6 N–H and O–H groups in total. The Morgan fingerprint density at radius 2 is 1.60 bits per heavy atom. The molecule has 4 amide bonds. The monoisotopic (exact) mass is 585 g/mol. The van der Waals surface area contributed by atoms with Crippen molar-refractivity contribution in [3.63, 3.8) is 0 Å². The number of ether oxygens (including phenoxy) is 2. The first-order valence-corrected chi connectivity index (χ1v) is 12.9. The molecule has 40 heavy (non-hydrogen) atoms. The van der Waals surface area contributed by atoms with Crippen molar-refractivity contribution >= 4 is 35.7 Å². The number of esters is 1. The van der Waals surface area contributed by atoms with Gasteiger partial charge < -0.3 is 31.2 Å². The third-order valence-electron chi connectivity index (χ3n) is 5.51. The first kappa shape index (κ1) is 32.6. The van der Waals surface area contributed by atoms with Crippen molar-refractivity contribution in [3.8, 4) is 0 Å². The number of benzene rings is 2. The van der Waals surface area contributed by atoms with Crippen molar-refractivity contribution in [2.45, 2.75) is 50.9 Å². The summed E-state index contributed by atoms with van der Waals surface area (Å²) < 4.78 is 53.0. The second-order valence-electron chi connectivity index (χ2n) is 10.0. The zero-order valence-electron chi connectivity index (χ0n) is 22.8. The van der Waals surface area contributed by atoms with Crippen LogP contribution in [0.1, 0.15) is 44.4 Å². The summed E-state index contributed by atoms with van der Waals surface area (Å²) >= 11 is 0.852. The van der Waals surface area contributed by atoms with Gasteiger partial charge >= 0.3 is 24.2 Å². The number of carbonyl (C=O) groups is 3. The first-order chi connectivity index (χ1) is 18.6. The van der Waals surface area contributed by atoms with Gasteiger partial charge in [0.15, 0.2) is 0 Å². The summed E-state index contributed by atoms with van der Waals surface area (Å²) in [5, 5.41) is 7.74. The zero-order valence-corrected chi connectivity index (χ0v) is 23.6. The van der Waals surface area contributed by atoms with E-state index in [9.17, 15) is 27.6 Å². The molecule has 0 fully saturated rings. The molecule has 220 valence electrons. The number of halogens is 3. The van der Waals surface area contributed by atoms with Gasteiger partial charge in [0.1, 0.15) is 13.3 Å². The number of anilines is 1. The van der Waals surface area contributed by atoms with Gasteiger partial charge in [0.05, 0.1) is 21.4 Å². The molecule has 0 saturated carbocycles. The van der Waals surface area contributed by atoms with E-state index in [1.165, 1.54) is 26.2 Å². The third-order valence-corrected chi connectivity index (χ3v) is 6.50. The first-order valence-electron chi connectivity index (χ1n) is 12.0. The van der Waals surface area contributed by atoms with Gasteiger partial charge in [-0.25, -0.2) is 9.59 Å². The van der Waals surface area contributed by atoms with Crippen LogP contribution in [0.5, 0.6) is 0 Å². The van der Waals surface area contributed by atoms with Gasteiger partial charge in [0.25, 0.3) is 0 Å². The number of hydrogen-bond acceptors (Lipinski definition) is 7. The van der Waals surface area contributed by atoms with Crippen LogP contribution in [0, 0.1) is 5.41 Å². The number of hydrogen-bond donors (Lipinski definition) is 5. The summed E-state index contributed by atoms with van der Waals surface area (Å²) in [6.45, 7) is 6.01. The molecule has 0 radical (unpaired) electrons. The number of urea groups is 2. The minimum Gasteiger partial charge on any atom is -0.462 e. The maximum atomic E-state index is 13.4. The van der Waals surface area contributed by atoms with Gasteiger partial charge in [0, 0.05) is 19.3 Å². The summed E-state index contributed by atoms with van der Waals surface area (Å²) in [5.41, 5.74) is 3.76. The molecule has 1 unspecified atom stereocenters. The average Bonchev–Trinajstić information content (AvgIpc) is 2.87. The number of nitrogens with one attached hydrogen (secondary N) is 4. The minimum absolute atomic E-state index is 0.0157. The lowest BCUT2D eigenvalue weighted by atomic mass is 9.91. The molecule has 0 aromatic heterocycles. The predicted octanol–water partition coefficient (Wildman–Crippen LogP) is 4.50. The van der Waals surface area contributed by atoms with E-state index in [0.717, 1.165) is 24.1 Å². The van der Waals surface area contributed by atoms with E-state index in [-0.39, 0.29) is 18.8 Å². The second-order valence-corrected chi connectivity index (χ2v) is 10.8. The van der Waals surface area contributed by atoms with E-state index in [0.29, 0.717) is 16.1 Å². The van der Waals surface area contributed by atoms with Gasteiger partial charge in [-0.2, -0.15) is 13.2 Å². The number of nitrogens with two attached hydrogens (primary N) is 1. The Labute approximate surface area is 235 Å². The second kappa shape index (κ2) is 13.6. The van der Waals surface area contributed by atoms with Crippen molar-refractivity contribution in [2.24, 2.45) is 5.41 Å². The fourth-order valence-corrected chi connectivity index (χ4v) is 3.98. The number of methoxy groups -OCH3 is 1. The maximum absolute atomic E-state index is 13.4. The Bertz CT molecular complexity index is 1210. The molecule has 1 atom stereocenters. The van der Waals surface area contributed by atoms with Gasteiger partial charge in [-0.15, -0.1) is 0 Å². The van der Waals surface area contributed by atoms with Gasteiger partial charge in [-0.3, -0.25) is 9.52 Å². The van der Waals surface area contributed by atoms with E-state index in [1.54, 1.807) is 39.0 Å². The number of rotatable bonds is 10. The van der Waals surface area contributed by atoms with E-state index < -0.39 is 47.3 Å². The third kappa shape index (κ3) is 9.52. The van der Waals surface area contributed by atoms with Gasteiger partial charge in [-0.05, 0) is 69.0 Å². The zero-order chi connectivity index (χ0) is 30.1. The highest BCUT2D eigenvalue weighted by atomic mass is 32.2. The van der Waals surface area contributed by atoms with E-state index in [4.69, 9.17) is 15.2 Å². The van der Waals surface area contributed by atoms with Crippen LogP contribution in [0.15, 0.2) is 47.4 Å². The predicted molar refractivity (Wildman–Crippen MR) is 145 cm³/mol. The highest BCUT2D eigenvalue weighted by Gasteiger charge is 2.36. The largest absolute Gasteiger partial charge is 0.462 e. The molecule has 0 saturated heterocycles. The summed E-state index contributed by atoms with van der Waals surface area (Å²) in [4.78, 5) is 37.7. The molecular formula is C26H34F3N5O5S. The molecule has 10 nitrogen and oxygen atoms in total. The summed E-state index contributed by atoms with van der Waals surface area (Å²) in [6, 6.07) is 8.14. The topological polar surface area (TPSA) is 144 Å². The Kier molecular flexibility index (Phi) is 11.1. The molecular weight excluding hydrogens is 551 g/mol. The lowest BCUT2D eigenvalue weighted by Crippen LogP contribution is -2.50. The fourth-order valence-electron chi connectivity index (χ4n) is 3.27. The number of carbonyl (C=O) groups excluding carboxylic acids is 3. The number of alkyl halides is 3. The molecule has 0 aliphatic rings. The molecule has 0 spiro atoms. The summed E-state index contributed by atoms with van der Waals surface area (Å²) in [6.07, 6.45) is -4.62. The van der Waals surface area contributed by atoms with Crippen LogP contribution >= 0.6 is 11.9 Å². The smallest absolute Gasteiger partial charge is 0.416 e. The standard InChI is InChI=1S/C26H34F3N5O5S/c1-24(2,3)21(35)39-14-25(4,17-9-7-10-18(12-17)26(27,28)29)33-23(37)34-40-20-16(8-6-11-19(20)30)13-31-22(36)32-15-38-5/h6-12H,13-15,30H2,1-5H3,(H2,31,32,36)(H2,33,34,37). The summed E-state index contributed by atoms with van der Waals surface area (Å²) in [7, 11) is 1.43. The molecule has 2 aromatic rings. The van der Waals surface area contributed by atoms with E-state index >= 15 is 0 Å². The number of nitrogen functional groups attached to an aromatic ring is 1. The van der Waals surface area contributed by atoms with Crippen molar-refractivity contribution in [1.29, 1.82) is 0 Å². The average molecular weight is 586 g/mol.